The molecule has 0 bridgehead atoms. The van der Waals surface area contributed by atoms with E-state index in [1.165, 1.54) is 22.2 Å². The summed E-state index contributed by atoms with van der Waals surface area (Å²) in [6, 6.07) is 8.07. The number of carbonyl (C=O) groups excluding carboxylic acids is 3. The van der Waals surface area contributed by atoms with Crippen LogP contribution >= 0.6 is 35.3 Å². The normalized spacial score (nSPS) is 14.9. The van der Waals surface area contributed by atoms with Crippen LogP contribution in [0.4, 0.5) is 5.13 Å². The van der Waals surface area contributed by atoms with Gasteiger partial charge in [0.15, 0.2) is 5.13 Å². The molecule has 1 aromatic carbocycles. The van der Waals surface area contributed by atoms with Gasteiger partial charge in [-0.1, -0.05) is 73.4 Å². The topological polar surface area (TPSA) is 88.6 Å². The molecule has 1 aromatic heterocycles. The standard InChI is InChI=1S/C23H25N3O4S3/c1-5-30-21(29)19-14(4)24-22(33-19)25-18(27)10-11-26-20(28)17(32-23(26)31)12-15-6-8-16(9-7-15)13(2)3/h6-9,12-13H,5,10-11H2,1-4H3,(H,24,25,27)/b17-12-. The van der Waals surface area contributed by atoms with Gasteiger partial charge in [0.1, 0.15) is 9.20 Å². The van der Waals surface area contributed by atoms with E-state index in [4.69, 9.17) is 17.0 Å². The van der Waals surface area contributed by atoms with Crippen LogP contribution in [0.15, 0.2) is 29.2 Å². The van der Waals surface area contributed by atoms with Crippen LogP contribution in [0.5, 0.6) is 0 Å². The average Bonchev–Trinajstić information content (AvgIpc) is 3.25. The van der Waals surface area contributed by atoms with Crippen molar-refractivity contribution in [1.82, 2.24) is 9.88 Å². The Kier molecular flexibility index (Phi) is 8.39. The fourth-order valence-electron chi connectivity index (χ4n) is 3.05. The number of anilines is 1. The first-order chi connectivity index (χ1) is 15.7. The first-order valence-electron chi connectivity index (χ1n) is 10.5. The Labute approximate surface area is 206 Å². The third-order valence-corrected chi connectivity index (χ3v) is 7.27. The van der Waals surface area contributed by atoms with E-state index < -0.39 is 5.97 Å². The van der Waals surface area contributed by atoms with E-state index >= 15 is 0 Å². The molecule has 2 aromatic rings. The molecule has 2 heterocycles. The van der Waals surface area contributed by atoms with Crippen molar-refractivity contribution in [2.45, 2.75) is 40.0 Å². The highest BCUT2D eigenvalue weighted by Crippen LogP contribution is 2.33. The number of hydrogen-bond acceptors (Lipinski definition) is 8. The molecule has 174 valence electrons. The maximum atomic E-state index is 12.8. The maximum absolute atomic E-state index is 12.8. The number of rotatable bonds is 8. The first kappa shape index (κ1) is 25.1. The van der Waals surface area contributed by atoms with Gasteiger partial charge in [-0.2, -0.15) is 0 Å². The zero-order valence-corrected chi connectivity index (χ0v) is 21.3. The fraction of sp³-hybridized carbons (Fsp3) is 0.348. The van der Waals surface area contributed by atoms with Gasteiger partial charge in [-0.3, -0.25) is 14.5 Å². The minimum Gasteiger partial charge on any atom is -0.462 e. The van der Waals surface area contributed by atoms with E-state index in [0.717, 1.165) is 16.9 Å². The lowest BCUT2D eigenvalue weighted by molar-refractivity contribution is -0.122. The zero-order valence-electron chi connectivity index (χ0n) is 18.8. The van der Waals surface area contributed by atoms with Crippen molar-refractivity contribution in [3.8, 4) is 0 Å². The van der Waals surface area contributed by atoms with Crippen LogP contribution < -0.4 is 5.32 Å². The largest absolute Gasteiger partial charge is 0.462 e. The Morgan fingerprint density at radius 3 is 2.61 bits per heavy atom. The number of thiocarbonyl (C=S) groups is 1. The van der Waals surface area contributed by atoms with Gasteiger partial charge >= 0.3 is 5.97 Å². The van der Waals surface area contributed by atoms with Gasteiger partial charge < -0.3 is 10.1 Å². The summed E-state index contributed by atoms with van der Waals surface area (Å²) in [7, 11) is 0. The zero-order chi connectivity index (χ0) is 24.1. The van der Waals surface area contributed by atoms with E-state index in [1.54, 1.807) is 13.8 Å². The number of hydrogen-bond donors (Lipinski definition) is 1. The number of nitrogens with zero attached hydrogens (tertiary/aromatic N) is 2. The predicted molar refractivity (Wildman–Crippen MR) is 136 cm³/mol. The number of amides is 2. The second kappa shape index (κ2) is 11.0. The lowest BCUT2D eigenvalue weighted by atomic mass is 10.0. The molecule has 1 N–H and O–H groups in total. The Hall–Kier alpha value is -2.56. The molecule has 0 unspecified atom stereocenters. The van der Waals surface area contributed by atoms with E-state index in [-0.39, 0.29) is 31.4 Å². The molecule has 1 aliphatic rings. The van der Waals surface area contributed by atoms with Crippen molar-refractivity contribution >= 4 is 68.6 Å². The van der Waals surface area contributed by atoms with Gasteiger partial charge in [0.05, 0.1) is 17.2 Å². The maximum Gasteiger partial charge on any atom is 0.350 e. The number of carbonyl (C=O) groups is 3. The SMILES string of the molecule is CCOC(=O)c1sc(NC(=O)CCN2C(=O)/C(=C/c3ccc(C(C)C)cc3)SC2=S)nc1C. The third-order valence-electron chi connectivity index (χ3n) is 4.84. The van der Waals surface area contributed by atoms with Gasteiger partial charge in [0.25, 0.3) is 5.91 Å². The second-order valence-electron chi connectivity index (χ2n) is 7.61. The van der Waals surface area contributed by atoms with E-state index in [2.05, 4.69) is 36.3 Å². The van der Waals surface area contributed by atoms with Gasteiger partial charge in [0.2, 0.25) is 5.91 Å². The van der Waals surface area contributed by atoms with Crippen molar-refractivity contribution < 1.29 is 19.1 Å². The highest BCUT2D eigenvalue weighted by molar-refractivity contribution is 8.26. The summed E-state index contributed by atoms with van der Waals surface area (Å²) < 4.78 is 5.41. The molecule has 1 saturated heterocycles. The molecule has 0 saturated carbocycles. The molecule has 3 rings (SSSR count). The second-order valence-corrected chi connectivity index (χ2v) is 10.3. The van der Waals surface area contributed by atoms with Crippen molar-refractivity contribution in [3.63, 3.8) is 0 Å². The monoisotopic (exact) mass is 503 g/mol. The van der Waals surface area contributed by atoms with Crippen LogP contribution in [0, 0.1) is 6.92 Å². The lowest BCUT2D eigenvalue weighted by Crippen LogP contribution is -2.31. The van der Waals surface area contributed by atoms with Crippen LogP contribution in [0.3, 0.4) is 0 Å². The summed E-state index contributed by atoms with van der Waals surface area (Å²) >= 11 is 7.65. The molecular formula is C23H25N3O4S3. The van der Waals surface area contributed by atoms with Crippen molar-refractivity contribution in [3.05, 3.63) is 50.9 Å². The molecule has 10 heteroatoms. The smallest absolute Gasteiger partial charge is 0.350 e. The summed E-state index contributed by atoms with van der Waals surface area (Å²) in [4.78, 5) is 43.6. The number of nitrogens with one attached hydrogen (secondary N) is 1. The lowest BCUT2D eigenvalue weighted by Gasteiger charge is -2.13. The van der Waals surface area contributed by atoms with Gasteiger partial charge in [-0.25, -0.2) is 9.78 Å². The number of thioether (sulfide) groups is 1. The van der Waals surface area contributed by atoms with Crippen LogP contribution in [0.25, 0.3) is 6.08 Å². The number of ether oxygens (including phenoxy) is 1. The highest BCUT2D eigenvalue weighted by atomic mass is 32.2. The Balaban J connectivity index is 1.58. The minimum atomic E-state index is -0.462. The molecule has 0 radical (unpaired) electrons. The fourth-order valence-corrected chi connectivity index (χ4v) is 5.24. The number of esters is 1. The molecule has 0 aliphatic carbocycles. The molecule has 33 heavy (non-hydrogen) atoms. The predicted octanol–water partition coefficient (Wildman–Crippen LogP) is 4.98. The van der Waals surface area contributed by atoms with Gasteiger partial charge in [-0.15, -0.1) is 0 Å². The first-order valence-corrected chi connectivity index (χ1v) is 12.5. The molecule has 0 atom stereocenters. The van der Waals surface area contributed by atoms with Crippen LogP contribution in [-0.2, 0) is 14.3 Å². The summed E-state index contributed by atoms with van der Waals surface area (Å²) in [5, 5.41) is 2.99. The Morgan fingerprint density at radius 1 is 1.27 bits per heavy atom. The summed E-state index contributed by atoms with van der Waals surface area (Å²) in [5.74, 6) is -0.550. The minimum absolute atomic E-state index is 0.0518. The van der Waals surface area contributed by atoms with Crippen LogP contribution in [0.2, 0.25) is 0 Å². The average molecular weight is 504 g/mol. The van der Waals surface area contributed by atoms with Crippen LogP contribution in [-0.4, -0.2) is 45.1 Å². The van der Waals surface area contributed by atoms with Crippen molar-refractivity contribution in [2.75, 3.05) is 18.5 Å². The molecule has 2 amide bonds. The molecule has 1 fully saturated rings. The number of thiazole rings is 1. The third kappa shape index (κ3) is 6.27. The molecule has 7 nitrogen and oxygen atoms in total. The van der Waals surface area contributed by atoms with Gasteiger partial charge in [-0.05, 0) is 37.0 Å². The summed E-state index contributed by atoms with van der Waals surface area (Å²) in [6.07, 6.45) is 1.87. The number of aryl methyl sites for hydroxylation is 1. The van der Waals surface area contributed by atoms with Crippen molar-refractivity contribution in [1.29, 1.82) is 0 Å². The number of aromatic nitrogens is 1. The number of benzene rings is 1. The summed E-state index contributed by atoms with van der Waals surface area (Å²) in [6.45, 7) is 8.09. The van der Waals surface area contributed by atoms with E-state index in [1.807, 2.05) is 18.2 Å². The molecule has 1 aliphatic heterocycles. The van der Waals surface area contributed by atoms with Crippen LogP contribution in [0.1, 0.15) is 59.6 Å². The van der Waals surface area contributed by atoms with E-state index in [0.29, 0.717) is 30.8 Å². The Bertz CT molecular complexity index is 1110. The highest BCUT2D eigenvalue weighted by Gasteiger charge is 2.32. The summed E-state index contributed by atoms with van der Waals surface area (Å²) in [5.41, 5.74) is 2.65. The Morgan fingerprint density at radius 2 is 1.97 bits per heavy atom. The molecule has 0 spiro atoms. The molecular weight excluding hydrogens is 478 g/mol. The quantitative estimate of drug-likeness (QED) is 0.309. The van der Waals surface area contributed by atoms with E-state index in [9.17, 15) is 14.4 Å². The van der Waals surface area contributed by atoms with Crippen molar-refractivity contribution in [2.24, 2.45) is 0 Å². The van der Waals surface area contributed by atoms with Gasteiger partial charge in [0, 0.05) is 13.0 Å².